The number of nitrogens with two attached hydrogens (primary N) is 1. The summed E-state index contributed by atoms with van der Waals surface area (Å²) in [5.74, 6) is 0. The standard InChI is InChI=1S/C8H23NO3Si2/c1-10-14(11-2,7-6-9)12-8-13(3,4)5/h6-9H2,1-5H3. The van der Waals surface area contributed by atoms with Gasteiger partial charge in [-0.15, -0.1) is 0 Å². The fourth-order valence-corrected chi connectivity index (χ4v) is 4.90. The molecule has 0 amide bonds. The second kappa shape index (κ2) is 5.99. The summed E-state index contributed by atoms with van der Waals surface area (Å²) in [7, 11) is -0.391. The highest BCUT2D eigenvalue weighted by atomic mass is 28.4. The van der Waals surface area contributed by atoms with Crippen LogP contribution < -0.4 is 5.73 Å². The third kappa shape index (κ3) is 5.23. The van der Waals surface area contributed by atoms with E-state index >= 15 is 0 Å². The topological polar surface area (TPSA) is 53.7 Å². The molecule has 0 fully saturated rings. The Kier molecular flexibility index (Phi) is 6.11. The van der Waals surface area contributed by atoms with Crippen LogP contribution in [0.5, 0.6) is 0 Å². The molecule has 0 atom stereocenters. The van der Waals surface area contributed by atoms with Crippen LogP contribution in [0.15, 0.2) is 0 Å². The summed E-state index contributed by atoms with van der Waals surface area (Å²) in [6, 6.07) is 0.685. The highest BCUT2D eigenvalue weighted by Gasteiger charge is 2.39. The fourth-order valence-electron chi connectivity index (χ4n) is 0.981. The molecule has 0 unspecified atom stereocenters. The molecule has 0 aromatic carbocycles. The smallest absolute Gasteiger partial charge is 0.377 e. The minimum atomic E-state index is -2.44. The van der Waals surface area contributed by atoms with Gasteiger partial charge < -0.3 is 19.0 Å². The lowest BCUT2D eigenvalue weighted by Gasteiger charge is -2.29. The van der Waals surface area contributed by atoms with Crippen molar-refractivity contribution < 1.29 is 13.3 Å². The van der Waals surface area contributed by atoms with E-state index in [9.17, 15) is 0 Å². The molecule has 6 heteroatoms. The zero-order valence-corrected chi connectivity index (χ0v) is 11.9. The van der Waals surface area contributed by atoms with Crippen LogP contribution in [-0.4, -0.2) is 43.9 Å². The summed E-state index contributed by atoms with van der Waals surface area (Å²) in [6.07, 6.45) is 0.765. The molecule has 0 radical (unpaired) electrons. The van der Waals surface area contributed by atoms with Gasteiger partial charge in [0.15, 0.2) is 0 Å². The monoisotopic (exact) mass is 237 g/mol. The lowest BCUT2D eigenvalue weighted by atomic mass is 10.8. The van der Waals surface area contributed by atoms with E-state index in [1.165, 1.54) is 0 Å². The van der Waals surface area contributed by atoms with Gasteiger partial charge in [-0.2, -0.15) is 0 Å². The van der Waals surface area contributed by atoms with Gasteiger partial charge in [0.05, 0.1) is 8.07 Å². The predicted octanol–water partition coefficient (Wildman–Crippen LogP) is 1.07. The zero-order valence-electron chi connectivity index (χ0n) is 9.92. The molecule has 0 saturated carbocycles. The van der Waals surface area contributed by atoms with Crippen LogP contribution >= 0.6 is 0 Å². The van der Waals surface area contributed by atoms with Crippen LogP contribution in [0.3, 0.4) is 0 Å². The van der Waals surface area contributed by atoms with Gasteiger partial charge in [0.1, 0.15) is 0 Å². The molecule has 0 spiro atoms. The quantitative estimate of drug-likeness (QED) is 0.673. The van der Waals surface area contributed by atoms with Crippen molar-refractivity contribution in [1.29, 1.82) is 0 Å². The molecule has 0 rings (SSSR count). The van der Waals surface area contributed by atoms with E-state index in [1.807, 2.05) is 0 Å². The maximum atomic E-state index is 5.81. The third-order valence-electron chi connectivity index (χ3n) is 1.80. The van der Waals surface area contributed by atoms with Crippen LogP contribution in [0.25, 0.3) is 0 Å². The van der Waals surface area contributed by atoms with Crippen molar-refractivity contribution >= 4 is 16.9 Å². The van der Waals surface area contributed by atoms with E-state index in [2.05, 4.69) is 19.6 Å². The zero-order chi connectivity index (χ0) is 11.2. The number of hydrogen-bond acceptors (Lipinski definition) is 4. The molecule has 2 N–H and O–H groups in total. The molecule has 0 heterocycles. The first-order valence-electron chi connectivity index (χ1n) is 4.83. The van der Waals surface area contributed by atoms with E-state index in [0.717, 1.165) is 6.23 Å². The molecular formula is C8H23NO3Si2. The summed E-state index contributed by atoms with van der Waals surface area (Å²) in [6.45, 7) is 7.29. The second-order valence-corrected chi connectivity index (χ2v) is 12.9. The molecule has 0 bridgehead atoms. The Morgan fingerprint density at radius 2 is 1.57 bits per heavy atom. The Morgan fingerprint density at radius 1 is 1.07 bits per heavy atom. The highest BCUT2D eigenvalue weighted by molar-refractivity contribution is 6.77. The van der Waals surface area contributed by atoms with Crippen molar-refractivity contribution in [2.45, 2.75) is 25.7 Å². The average Bonchev–Trinajstić information content (AvgIpc) is 2.11. The molecule has 0 aliphatic carbocycles. The van der Waals surface area contributed by atoms with Crippen molar-refractivity contribution in [3.63, 3.8) is 0 Å². The average molecular weight is 237 g/mol. The number of hydrogen-bond donors (Lipinski definition) is 1. The van der Waals surface area contributed by atoms with Crippen molar-refractivity contribution in [2.75, 3.05) is 27.0 Å². The Balaban J connectivity index is 4.21. The first kappa shape index (κ1) is 14.3. The van der Waals surface area contributed by atoms with Gasteiger partial charge >= 0.3 is 8.80 Å². The molecule has 0 aliphatic heterocycles. The molecule has 14 heavy (non-hydrogen) atoms. The molecular weight excluding hydrogens is 214 g/mol. The molecule has 0 aromatic rings. The van der Waals surface area contributed by atoms with E-state index in [1.54, 1.807) is 14.2 Å². The molecule has 86 valence electrons. The first-order valence-corrected chi connectivity index (χ1v) is 10.5. The lowest BCUT2D eigenvalue weighted by Crippen LogP contribution is -2.48. The summed E-state index contributed by atoms with van der Waals surface area (Å²) >= 11 is 0. The van der Waals surface area contributed by atoms with Crippen LogP contribution in [0.1, 0.15) is 0 Å². The largest absolute Gasteiger partial charge is 0.501 e. The Hall–Kier alpha value is 0.274. The second-order valence-electron chi connectivity index (χ2n) is 4.48. The van der Waals surface area contributed by atoms with Gasteiger partial charge in [-0.3, -0.25) is 0 Å². The van der Waals surface area contributed by atoms with Crippen LogP contribution in [0, 0.1) is 0 Å². The normalized spacial score (nSPS) is 13.3. The summed E-state index contributed by atoms with van der Waals surface area (Å²) in [5, 5.41) is 0. The third-order valence-corrected chi connectivity index (χ3v) is 5.83. The SMILES string of the molecule is CO[Si](CCN)(OC)OC[Si](C)(C)C. The first-order chi connectivity index (χ1) is 6.39. The summed E-state index contributed by atoms with van der Waals surface area (Å²) in [4.78, 5) is 0. The van der Waals surface area contributed by atoms with Crippen molar-refractivity contribution in [1.82, 2.24) is 0 Å². The Morgan fingerprint density at radius 3 is 1.86 bits per heavy atom. The van der Waals surface area contributed by atoms with E-state index in [0.29, 0.717) is 12.6 Å². The van der Waals surface area contributed by atoms with E-state index < -0.39 is 16.9 Å². The summed E-state index contributed by atoms with van der Waals surface area (Å²) < 4.78 is 16.5. The Labute approximate surface area is 89.1 Å². The van der Waals surface area contributed by atoms with Crippen LogP contribution in [0.4, 0.5) is 0 Å². The lowest BCUT2D eigenvalue weighted by molar-refractivity contribution is 0.115. The summed E-state index contributed by atoms with van der Waals surface area (Å²) in [5.41, 5.74) is 5.51. The maximum Gasteiger partial charge on any atom is 0.501 e. The molecule has 0 saturated heterocycles. The maximum absolute atomic E-state index is 5.81. The number of rotatable bonds is 7. The minimum Gasteiger partial charge on any atom is -0.377 e. The molecule has 4 nitrogen and oxygen atoms in total. The van der Waals surface area contributed by atoms with Gasteiger partial charge in [-0.1, -0.05) is 19.6 Å². The highest BCUT2D eigenvalue weighted by Crippen LogP contribution is 2.15. The van der Waals surface area contributed by atoms with Gasteiger partial charge in [-0.05, 0) is 6.54 Å². The van der Waals surface area contributed by atoms with Gasteiger partial charge in [0, 0.05) is 26.5 Å². The van der Waals surface area contributed by atoms with Gasteiger partial charge in [0.2, 0.25) is 0 Å². The molecule has 0 aliphatic rings. The van der Waals surface area contributed by atoms with Crippen molar-refractivity contribution in [3.8, 4) is 0 Å². The fraction of sp³-hybridized carbons (Fsp3) is 1.00. The van der Waals surface area contributed by atoms with E-state index in [4.69, 9.17) is 19.0 Å². The predicted molar refractivity (Wildman–Crippen MR) is 62.9 cm³/mol. The minimum absolute atomic E-state index is 0.541. The van der Waals surface area contributed by atoms with Crippen LogP contribution in [-0.2, 0) is 13.3 Å². The Bertz CT molecular complexity index is 157. The molecule has 0 aromatic heterocycles. The van der Waals surface area contributed by atoms with Gasteiger partial charge in [0.25, 0.3) is 0 Å². The van der Waals surface area contributed by atoms with Crippen molar-refractivity contribution in [3.05, 3.63) is 0 Å². The van der Waals surface area contributed by atoms with E-state index in [-0.39, 0.29) is 0 Å². The van der Waals surface area contributed by atoms with Crippen LogP contribution in [0.2, 0.25) is 25.7 Å². The van der Waals surface area contributed by atoms with Crippen molar-refractivity contribution in [2.24, 2.45) is 5.73 Å². The van der Waals surface area contributed by atoms with Gasteiger partial charge in [-0.25, -0.2) is 0 Å².